The molecule has 19 heavy (non-hydrogen) atoms. The van der Waals surface area contributed by atoms with Crippen LogP contribution in [-0.4, -0.2) is 25.2 Å². The first kappa shape index (κ1) is 13.9. The number of nitrogens with one attached hydrogen (secondary N) is 1. The van der Waals surface area contributed by atoms with E-state index in [-0.39, 0.29) is 6.04 Å². The van der Waals surface area contributed by atoms with Crippen molar-refractivity contribution in [1.29, 1.82) is 5.26 Å². The van der Waals surface area contributed by atoms with E-state index in [4.69, 9.17) is 5.26 Å². The Morgan fingerprint density at radius 3 is 2.79 bits per heavy atom. The average molecular weight is 257 g/mol. The van der Waals surface area contributed by atoms with Crippen LogP contribution in [0.1, 0.15) is 38.7 Å². The predicted octanol–water partition coefficient (Wildman–Crippen LogP) is 2.89. The number of hydrogen-bond donors (Lipinski definition) is 1. The van der Waals surface area contributed by atoms with Crippen molar-refractivity contribution in [2.75, 3.05) is 18.0 Å². The Labute approximate surface area is 116 Å². The van der Waals surface area contributed by atoms with Gasteiger partial charge in [0.15, 0.2) is 0 Å². The second-order valence-electron chi connectivity index (χ2n) is 5.75. The Bertz CT molecular complexity index is 461. The molecule has 1 aromatic carbocycles. The van der Waals surface area contributed by atoms with Crippen LogP contribution in [0, 0.1) is 11.3 Å². The minimum Gasteiger partial charge on any atom is -0.368 e. The number of nitrogens with zero attached hydrogens (tertiary/aromatic N) is 2. The zero-order valence-electron chi connectivity index (χ0n) is 12.1. The largest absolute Gasteiger partial charge is 0.368 e. The molecule has 1 fully saturated rings. The van der Waals surface area contributed by atoms with Crippen LogP contribution >= 0.6 is 0 Å². The molecule has 2 unspecified atom stereocenters. The lowest BCUT2D eigenvalue weighted by Gasteiger charge is -2.39. The second-order valence-corrected chi connectivity index (χ2v) is 5.75. The smallest absolute Gasteiger partial charge is 0.0638 e. The van der Waals surface area contributed by atoms with Crippen molar-refractivity contribution in [2.24, 2.45) is 0 Å². The summed E-state index contributed by atoms with van der Waals surface area (Å²) in [7, 11) is 0. The van der Waals surface area contributed by atoms with E-state index in [1.807, 2.05) is 0 Å². The van der Waals surface area contributed by atoms with E-state index in [1.165, 1.54) is 11.3 Å². The SMILES string of the molecule is CC1CN(c2ccccc2C(C)C)CC(CC#N)N1. The summed E-state index contributed by atoms with van der Waals surface area (Å²) in [6, 6.07) is 11.6. The fourth-order valence-corrected chi connectivity index (χ4v) is 2.87. The Kier molecular flexibility index (Phi) is 4.44. The molecule has 3 nitrogen and oxygen atoms in total. The summed E-state index contributed by atoms with van der Waals surface area (Å²) in [6.45, 7) is 8.58. The van der Waals surface area contributed by atoms with Crippen LogP contribution in [0.25, 0.3) is 0 Å². The van der Waals surface area contributed by atoms with Gasteiger partial charge in [-0.05, 0) is 24.5 Å². The monoisotopic (exact) mass is 257 g/mol. The van der Waals surface area contributed by atoms with Crippen molar-refractivity contribution in [1.82, 2.24) is 5.32 Å². The fraction of sp³-hybridized carbons (Fsp3) is 0.562. The van der Waals surface area contributed by atoms with Crippen LogP contribution in [0.3, 0.4) is 0 Å². The van der Waals surface area contributed by atoms with Crippen LogP contribution in [0.2, 0.25) is 0 Å². The van der Waals surface area contributed by atoms with Gasteiger partial charge in [-0.25, -0.2) is 0 Å². The molecular formula is C16H23N3. The summed E-state index contributed by atoms with van der Waals surface area (Å²) in [4.78, 5) is 2.43. The third-order valence-corrected chi connectivity index (χ3v) is 3.69. The van der Waals surface area contributed by atoms with Crippen LogP contribution < -0.4 is 10.2 Å². The molecule has 3 heteroatoms. The van der Waals surface area contributed by atoms with Gasteiger partial charge in [0.1, 0.15) is 0 Å². The molecule has 2 rings (SSSR count). The molecular weight excluding hydrogens is 234 g/mol. The molecule has 2 atom stereocenters. The first-order chi connectivity index (χ1) is 9.11. The van der Waals surface area contributed by atoms with Crippen LogP contribution in [-0.2, 0) is 0 Å². The minimum absolute atomic E-state index is 0.272. The molecule has 1 aliphatic heterocycles. The number of benzene rings is 1. The quantitative estimate of drug-likeness (QED) is 0.905. The molecule has 0 spiro atoms. The van der Waals surface area contributed by atoms with E-state index in [0.29, 0.717) is 18.4 Å². The molecule has 0 aromatic heterocycles. The third kappa shape index (κ3) is 3.27. The van der Waals surface area contributed by atoms with Crippen LogP contribution in [0.4, 0.5) is 5.69 Å². The van der Waals surface area contributed by atoms with E-state index in [2.05, 4.69) is 61.3 Å². The van der Waals surface area contributed by atoms with Crippen LogP contribution in [0.15, 0.2) is 24.3 Å². The summed E-state index contributed by atoms with van der Waals surface area (Å²) in [5, 5.41) is 12.4. The third-order valence-electron chi connectivity index (χ3n) is 3.69. The van der Waals surface area contributed by atoms with E-state index in [9.17, 15) is 0 Å². The topological polar surface area (TPSA) is 39.1 Å². The fourth-order valence-electron chi connectivity index (χ4n) is 2.87. The Morgan fingerprint density at radius 2 is 2.11 bits per heavy atom. The highest BCUT2D eigenvalue weighted by atomic mass is 15.2. The molecule has 1 aliphatic rings. The Balaban J connectivity index is 2.23. The first-order valence-electron chi connectivity index (χ1n) is 7.08. The van der Waals surface area contributed by atoms with Crippen molar-refractivity contribution in [2.45, 2.75) is 45.2 Å². The predicted molar refractivity (Wildman–Crippen MR) is 79.4 cm³/mol. The molecule has 0 amide bonds. The number of hydrogen-bond acceptors (Lipinski definition) is 3. The number of piperazine rings is 1. The summed E-state index contributed by atoms with van der Waals surface area (Å²) in [5.74, 6) is 0.524. The van der Waals surface area contributed by atoms with Crippen LogP contribution in [0.5, 0.6) is 0 Å². The van der Waals surface area contributed by atoms with E-state index in [0.717, 1.165) is 13.1 Å². The highest BCUT2D eigenvalue weighted by Crippen LogP contribution is 2.28. The van der Waals surface area contributed by atoms with E-state index >= 15 is 0 Å². The average Bonchev–Trinajstić information content (AvgIpc) is 2.38. The van der Waals surface area contributed by atoms with Crippen molar-refractivity contribution >= 4 is 5.69 Å². The van der Waals surface area contributed by atoms with E-state index < -0.39 is 0 Å². The van der Waals surface area contributed by atoms with Crippen molar-refractivity contribution in [3.8, 4) is 6.07 Å². The lowest BCUT2D eigenvalue weighted by molar-refractivity contribution is 0.390. The van der Waals surface area contributed by atoms with Gasteiger partial charge in [-0.2, -0.15) is 5.26 Å². The highest BCUT2D eigenvalue weighted by Gasteiger charge is 2.25. The molecule has 0 saturated carbocycles. The van der Waals surface area contributed by atoms with E-state index in [1.54, 1.807) is 0 Å². The van der Waals surface area contributed by atoms with Gasteiger partial charge in [-0.1, -0.05) is 32.0 Å². The summed E-state index contributed by atoms with van der Waals surface area (Å²) in [5.41, 5.74) is 2.72. The molecule has 1 heterocycles. The van der Waals surface area contributed by atoms with Crippen molar-refractivity contribution < 1.29 is 0 Å². The Morgan fingerprint density at radius 1 is 1.37 bits per heavy atom. The maximum Gasteiger partial charge on any atom is 0.0638 e. The first-order valence-corrected chi connectivity index (χ1v) is 7.08. The van der Waals surface area contributed by atoms with Gasteiger partial charge >= 0.3 is 0 Å². The second kappa shape index (κ2) is 6.08. The lowest BCUT2D eigenvalue weighted by Crippen LogP contribution is -2.55. The molecule has 1 N–H and O–H groups in total. The molecule has 0 radical (unpaired) electrons. The number of para-hydroxylation sites is 1. The van der Waals surface area contributed by atoms with Crippen molar-refractivity contribution in [3.63, 3.8) is 0 Å². The van der Waals surface area contributed by atoms with Gasteiger partial charge in [0.2, 0.25) is 0 Å². The van der Waals surface area contributed by atoms with Gasteiger partial charge in [-0.3, -0.25) is 0 Å². The summed E-state index contributed by atoms with van der Waals surface area (Å²) < 4.78 is 0. The highest BCUT2D eigenvalue weighted by molar-refractivity contribution is 5.55. The molecule has 102 valence electrons. The summed E-state index contributed by atoms with van der Waals surface area (Å²) >= 11 is 0. The van der Waals surface area contributed by atoms with Gasteiger partial charge in [0, 0.05) is 30.9 Å². The number of rotatable bonds is 3. The lowest BCUT2D eigenvalue weighted by atomic mass is 9.98. The Hall–Kier alpha value is -1.53. The normalized spacial score (nSPS) is 23.4. The van der Waals surface area contributed by atoms with Gasteiger partial charge < -0.3 is 10.2 Å². The standard InChI is InChI=1S/C16H23N3/c1-12(2)15-6-4-5-7-16(15)19-10-13(3)18-14(11-19)8-9-17/h4-7,12-14,18H,8,10-11H2,1-3H3. The maximum atomic E-state index is 8.90. The maximum absolute atomic E-state index is 8.90. The summed E-state index contributed by atoms with van der Waals surface area (Å²) in [6.07, 6.45) is 0.574. The zero-order chi connectivity index (χ0) is 13.8. The minimum atomic E-state index is 0.272. The van der Waals surface area contributed by atoms with Gasteiger partial charge in [0.05, 0.1) is 12.5 Å². The molecule has 1 saturated heterocycles. The number of nitriles is 1. The van der Waals surface area contributed by atoms with Crippen molar-refractivity contribution in [3.05, 3.63) is 29.8 Å². The number of anilines is 1. The zero-order valence-corrected chi connectivity index (χ0v) is 12.1. The molecule has 0 aliphatic carbocycles. The van der Waals surface area contributed by atoms with Gasteiger partial charge in [0.25, 0.3) is 0 Å². The van der Waals surface area contributed by atoms with Gasteiger partial charge in [-0.15, -0.1) is 0 Å². The molecule has 0 bridgehead atoms. The molecule has 1 aromatic rings.